The highest BCUT2D eigenvalue weighted by molar-refractivity contribution is 6.35. The van der Waals surface area contributed by atoms with Crippen LogP contribution < -0.4 is 0 Å². The van der Waals surface area contributed by atoms with Crippen molar-refractivity contribution in [2.75, 3.05) is 0 Å². The summed E-state index contributed by atoms with van der Waals surface area (Å²) in [6.07, 6.45) is 6.19. The number of aryl methyl sites for hydroxylation is 1. The van der Waals surface area contributed by atoms with Crippen molar-refractivity contribution >= 4 is 35.1 Å². The van der Waals surface area contributed by atoms with E-state index in [1.165, 1.54) is 0 Å². The third kappa shape index (κ3) is 5.99. The van der Waals surface area contributed by atoms with Crippen LogP contribution in [0.15, 0.2) is 18.2 Å². The molecule has 24 heavy (non-hydrogen) atoms. The van der Waals surface area contributed by atoms with Gasteiger partial charge < -0.3 is 9.84 Å². The summed E-state index contributed by atoms with van der Waals surface area (Å²) in [5.74, 6) is -1.78. The van der Waals surface area contributed by atoms with Crippen LogP contribution in [0.25, 0.3) is 0 Å². The van der Waals surface area contributed by atoms with Crippen molar-refractivity contribution in [3.8, 4) is 0 Å². The molecule has 1 aliphatic heterocycles. The topological polar surface area (TPSA) is 63.6 Å². The van der Waals surface area contributed by atoms with Gasteiger partial charge in [-0.2, -0.15) is 0 Å². The van der Waals surface area contributed by atoms with Crippen LogP contribution in [0, 0.1) is 5.92 Å². The molecule has 1 aromatic rings. The van der Waals surface area contributed by atoms with Crippen LogP contribution in [0.2, 0.25) is 10.0 Å². The normalized spacial score (nSPS) is 20.2. The number of carboxylic acid groups (broad SMARTS) is 1. The van der Waals surface area contributed by atoms with Gasteiger partial charge in [0.1, 0.15) is 6.10 Å². The summed E-state index contributed by atoms with van der Waals surface area (Å²) in [6.45, 7) is 0. The van der Waals surface area contributed by atoms with E-state index in [1.54, 1.807) is 6.07 Å². The highest BCUT2D eigenvalue weighted by Crippen LogP contribution is 2.28. The number of halogens is 2. The van der Waals surface area contributed by atoms with Crippen LogP contribution in [0.5, 0.6) is 0 Å². The van der Waals surface area contributed by atoms with Crippen molar-refractivity contribution < 1.29 is 19.4 Å². The number of esters is 1. The van der Waals surface area contributed by atoms with Gasteiger partial charge in [-0.15, -0.1) is 0 Å². The fourth-order valence-corrected chi connectivity index (χ4v) is 3.54. The van der Waals surface area contributed by atoms with E-state index in [2.05, 4.69) is 0 Å². The number of benzene rings is 1. The number of hydrogen-bond donors (Lipinski definition) is 1. The van der Waals surface area contributed by atoms with Gasteiger partial charge >= 0.3 is 11.9 Å². The third-order valence-corrected chi connectivity index (χ3v) is 4.91. The molecule has 1 saturated heterocycles. The number of rotatable bonds is 9. The summed E-state index contributed by atoms with van der Waals surface area (Å²) in [5, 5.41) is 10.1. The first-order valence-corrected chi connectivity index (χ1v) is 9.07. The second-order valence-electron chi connectivity index (χ2n) is 6.28. The minimum atomic E-state index is -0.946. The maximum absolute atomic E-state index is 11.6. The SMILES string of the molecule is O=C(O)CC1C[C@H](CCCCCCc2ccc(Cl)cc2Cl)OC1=O. The van der Waals surface area contributed by atoms with E-state index in [0.717, 1.165) is 44.1 Å². The average molecular weight is 373 g/mol. The van der Waals surface area contributed by atoms with Gasteiger partial charge in [-0.1, -0.05) is 42.1 Å². The lowest BCUT2D eigenvalue weighted by Gasteiger charge is -2.09. The molecular formula is C18H22Cl2O4. The van der Waals surface area contributed by atoms with Gasteiger partial charge in [-0.3, -0.25) is 9.59 Å². The van der Waals surface area contributed by atoms with Gasteiger partial charge in [0.05, 0.1) is 12.3 Å². The number of carbonyl (C=O) groups is 2. The molecule has 0 saturated carbocycles. The molecule has 1 heterocycles. The Morgan fingerprint density at radius 1 is 1.21 bits per heavy atom. The van der Waals surface area contributed by atoms with Crippen LogP contribution in [0.4, 0.5) is 0 Å². The van der Waals surface area contributed by atoms with Gasteiger partial charge in [-0.05, 0) is 49.8 Å². The molecule has 1 N–H and O–H groups in total. The van der Waals surface area contributed by atoms with E-state index in [1.807, 2.05) is 12.1 Å². The zero-order chi connectivity index (χ0) is 17.5. The zero-order valence-electron chi connectivity index (χ0n) is 13.5. The van der Waals surface area contributed by atoms with Crippen molar-refractivity contribution in [1.29, 1.82) is 0 Å². The summed E-state index contributed by atoms with van der Waals surface area (Å²) in [6, 6.07) is 5.58. The van der Waals surface area contributed by atoms with E-state index in [9.17, 15) is 9.59 Å². The number of carbonyl (C=O) groups excluding carboxylic acids is 1. The average Bonchev–Trinajstić information content (AvgIpc) is 2.84. The molecule has 4 nitrogen and oxygen atoms in total. The molecule has 0 amide bonds. The van der Waals surface area contributed by atoms with Crippen LogP contribution >= 0.6 is 23.2 Å². The summed E-state index contributed by atoms with van der Waals surface area (Å²) >= 11 is 12.0. The van der Waals surface area contributed by atoms with Crippen molar-refractivity contribution in [3.63, 3.8) is 0 Å². The molecule has 0 aromatic heterocycles. The Morgan fingerprint density at radius 2 is 1.96 bits per heavy atom. The molecule has 0 aliphatic carbocycles. The van der Waals surface area contributed by atoms with Gasteiger partial charge in [0.2, 0.25) is 0 Å². The lowest BCUT2D eigenvalue weighted by molar-refractivity contribution is -0.148. The number of ether oxygens (including phenoxy) is 1. The Hall–Kier alpha value is -1.26. The smallest absolute Gasteiger partial charge is 0.309 e. The number of carboxylic acids is 1. The summed E-state index contributed by atoms with van der Waals surface area (Å²) < 4.78 is 5.25. The predicted octanol–water partition coefficient (Wildman–Crippen LogP) is 4.89. The van der Waals surface area contributed by atoms with E-state index >= 15 is 0 Å². The van der Waals surface area contributed by atoms with Gasteiger partial charge in [-0.25, -0.2) is 0 Å². The summed E-state index contributed by atoms with van der Waals surface area (Å²) in [7, 11) is 0. The molecule has 1 fully saturated rings. The molecule has 1 aromatic carbocycles. The first-order valence-electron chi connectivity index (χ1n) is 8.32. The number of unbranched alkanes of at least 4 members (excludes halogenated alkanes) is 3. The van der Waals surface area contributed by atoms with Gasteiger partial charge in [0.25, 0.3) is 0 Å². The van der Waals surface area contributed by atoms with E-state index in [4.69, 9.17) is 33.0 Å². The Bertz CT molecular complexity index is 588. The number of cyclic esters (lactones) is 1. The first kappa shape index (κ1) is 19.1. The molecule has 1 unspecified atom stereocenters. The fraction of sp³-hybridized carbons (Fsp3) is 0.556. The van der Waals surface area contributed by atoms with Crippen LogP contribution in [0.1, 0.15) is 50.5 Å². The van der Waals surface area contributed by atoms with Crippen LogP contribution in [-0.2, 0) is 20.7 Å². The minimum Gasteiger partial charge on any atom is -0.481 e. The van der Waals surface area contributed by atoms with Crippen molar-refractivity contribution in [3.05, 3.63) is 33.8 Å². The largest absolute Gasteiger partial charge is 0.481 e. The summed E-state index contributed by atoms with van der Waals surface area (Å²) in [5.41, 5.74) is 1.11. The maximum atomic E-state index is 11.6. The highest BCUT2D eigenvalue weighted by atomic mass is 35.5. The molecule has 2 atom stereocenters. The third-order valence-electron chi connectivity index (χ3n) is 4.32. The van der Waals surface area contributed by atoms with Gasteiger partial charge in [0.15, 0.2) is 0 Å². The first-order chi connectivity index (χ1) is 11.5. The molecule has 0 bridgehead atoms. The standard InChI is InChI=1S/C18H22Cl2O4/c19-14-8-7-12(16(20)11-14)5-3-1-2-4-6-15-9-13(10-17(21)22)18(23)24-15/h7-8,11,13,15H,1-6,9-10H2,(H,21,22)/t13?,15-/m0/s1. The molecule has 2 rings (SSSR count). The number of aliphatic carboxylic acids is 1. The predicted molar refractivity (Wildman–Crippen MR) is 93.5 cm³/mol. The zero-order valence-corrected chi connectivity index (χ0v) is 15.0. The van der Waals surface area contributed by atoms with E-state index < -0.39 is 11.9 Å². The fourth-order valence-electron chi connectivity index (χ4n) is 3.04. The van der Waals surface area contributed by atoms with E-state index in [-0.39, 0.29) is 18.5 Å². The lowest BCUT2D eigenvalue weighted by Crippen LogP contribution is -2.12. The number of hydrogen-bond acceptors (Lipinski definition) is 3. The van der Waals surface area contributed by atoms with Crippen LogP contribution in [-0.4, -0.2) is 23.1 Å². The highest BCUT2D eigenvalue weighted by Gasteiger charge is 2.35. The Kier molecular flexibility index (Phi) is 7.38. The quantitative estimate of drug-likeness (QED) is 0.494. The summed E-state index contributed by atoms with van der Waals surface area (Å²) in [4.78, 5) is 22.2. The monoisotopic (exact) mass is 372 g/mol. The van der Waals surface area contributed by atoms with Crippen LogP contribution in [0.3, 0.4) is 0 Å². The Labute approximate surface area is 152 Å². The molecule has 132 valence electrons. The van der Waals surface area contributed by atoms with Crippen molar-refractivity contribution in [2.24, 2.45) is 5.92 Å². The van der Waals surface area contributed by atoms with Crippen molar-refractivity contribution in [2.45, 2.75) is 57.5 Å². The van der Waals surface area contributed by atoms with Crippen molar-refractivity contribution in [1.82, 2.24) is 0 Å². The maximum Gasteiger partial charge on any atom is 0.309 e. The molecule has 1 aliphatic rings. The Balaban J connectivity index is 1.59. The lowest BCUT2D eigenvalue weighted by atomic mass is 9.98. The second kappa shape index (κ2) is 9.28. The molecule has 0 spiro atoms. The molecule has 0 radical (unpaired) electrons. The Morgan fingerprint density at radius 3 is 2.67 bits per heavy atom. The van der Waals surface area contributed by atoms with E-state index in [0.29, 0.717) is 16.5 Å². The second-order valence-corrected chi connectivity index (χ2v) is 7.12. The van der Waals surface area contributed by atoms with Gasteiger partial charge in [0, 0.05) is 10.0 Å². The molecular weight excluding hydrogens is 351 g/mol. The molecule has 6 heteroatoms. The minimum absolute atomic E-state index is 0.118.